The number of aromatic nitrogens is 3. The van der Waals surface area contributed by atoms with E-state index in [1.54, 1.807) is 34.8 Å². The summed E-state index contributed by atoms with van der Waals surface area (Å²) < 4.78 is 33.5. The zero-order chi connectivity index (χ0) is 21.3. The van der Waals surface area contributed by atoms with E-state index in [1.807, 2.05) is 25.3 Å². The molecular weight excluding hydrogens is 388 g/mol. The topological polar surface area (TPSA) is 56.5 Å². The van der Waals surface area contributed by atoms with Crippen LogP contribution in [0.15, 0.2) is 54.7 Å². The quantitative estimate of drug-likeness (QED) is 0.451. The van der Waals surface area contributed by atoms with E-state index in [0.717, 1.165) is 22.8 Å². The summed E-state index contributed by atoms with van der Waals surface area (Å²) in [7, 11) is 1.33. The van der Waals surface area contributed by atoms with E-state index in [9.17, 15) is 13.6 Å². The van der Waals surface area contributed by atoms with Crippen LogP contribution in [0, 0.1) is 18.6 Å². The number of methoxy groups -OCH3 is 1. The van der Waals surface area contributed by atoms with Crippen molar-refractivity contribution in [3.8, 4) is 11.4 Å². The van der Waals surface area contributed by atoms with E-state index in [4.69, 9.17) is 4.74 Å². The van der Waals surface area contributed by atoms with Crippen molar-refractivity contribution in [2.45, 2.75) is 6.92 Å². The molecule has 4 aromatic rings. The van der Waals surface area contributed by atoms with E-state index in [2.05, 4.69) is 10.2 Å². The summed E-state index contributed by atoms with van der Waals surface area (Å²) in [6, 6.07) is 12.3. The molecule has 0 fully saturated rings. The highest BCUT2D eigenvalue weighted by atomic mass is 19.1. The Morgan fingerprint density at radius 1 is 1.03 bits per heavy atom. The molecule has 7 heteroatoms. The maximum Gasteiger partial charge on any atom is 0.337 e. The summed E-state index contributed by atoms with van der Waals surface area (Å²) >= 11 is 0. The van der Waals surface area contributed by atoms with Crippen molar-refractivity contribution in [3.05, 3.63) is 88.6 Å². The van der Waals surface area contributed by atoms with Gasteiger partial charge in [0.05, 0.1) is 12.7 Å². The summed E-state index contributed by atoms with van der Waals surface area (Å²) in [5.41, 5.74) is 3.76. The van der Waals surface area contributed by atoms with Crippen molar-refractivity contribution in [2.24, 2.45) is 0 Å². The second-order valence-corrected chi connectivity index (χ2v) is 6.73. The molecule has 0 saturated carbocycles. The molecule has 150 valence electrons. The summed E-state index contributed by atoms with van der Waals surface area (Å²) in [4.78, 5) is 11.9. The second-order valence-electron chi connectivity index (χ2n) is 6.73. The Morgan fingerprint density at radius 2 is 1.87 bits per heavy atom. The number of pyridine rings is 1. The van der Waals surface area contributed by atoms with Crippen molar-refractivity contribution in [3.63, 3.8) is 0 Å². The first kappa shape index (κ1) is 19.4. The van der Waals surface area contributed by atoms with Gasteiger partial charge in [0.15, 0.2) is 11.5 Å². The zero-order valence-corrected chi connectivity index (χ0v) is 16.3. The molecule has 4 rings (SSSR count). The van der Waals surface area contributed by atoms with Crippen LogP contribution in [-0.4, -0.2) is 27.7 Å². The Bertz CT molecular complexity index is 1300. The summed E-state index contributed by atoms with van der Waals surface area (Å²) in [5.74, 6) is -1.12. The van der Waals surface area contributed by atoms with Crippen LogP contribution in [0.25, 0.3) is 29.2 Å². The third-order valence-electron chi connectivity index (χ3n) is 4.74. The molecule has 5 nitrogen and oxygen atoms in total. The standard InChI is InChI=1S/C23H17F2N3O2/c1-14-3-6-17(23(29)30-2)11-19(14)22-27-26-21-10-5-15(13-28(21)22)4-7-16-8-9-18(24)12-20(16)25/h3-13H,1-2H3/b7-4+. The van der Waals surface area contributed by atoms with Crippen molar-refractivity contribution >= 4 is 23.8 Å². The number of ether oxygens (including phenoxy) is 1. The molecule has 2 aromatic carbocycles. The Kier molecular flexibility index (Phi) is 5.10. The first-order valence-corrected chi connectivity index (χ1v) is 9.13. The molecule has 0 aliphatic carbocycles. The fourth-order valence-electron chi connectivity index (χ4n) is 3.12. The molecule has 0 N–H and O–H groups in total. The molecule has 0 bridgehead atoms. The molecule has 30 heavy (non-hydrogen) atoms. The van der Waals surface area contributed by atoms with Crippen LogP contribution in [0.2, 0.25) is 0 Å². The molecule has 0 spiro atoms. The van der Waals surface area contributed by atoms with Crippen molar-refractivity contribution in [1.29, 1.82) is 0 Å². The van der Waals surface area contributed by atoms with Crippen LogP contribution in [0.5, 0.6) is 0 Å². The SMILES string of the molecule is COC(=O)c1ccc(C)c(-c2nnc3ccc(/C=C/c4ccc(F)cc4F)cn23)c1. The number of rotatable bonds is 4. The lowest BCUT2D eigenvalue weighted by atomic mass is 10.0. The van der Waals surface area contributed by atoms with Gasteiger partial charge in [-0.1, -0.05) is 18.2 Å². The highest BCUT2D eigenvalue weighted by Gasteiger charge is 2.14. The van der Waals surface area contributed by atoms with E-state index in [0.29, 0.717) is 17.0 Å². The lowest BCUT2D eigenvalue weighted by molar-refractivity contribution is 0.0601. The van der Waals surface area contributed by atoms with Gasteiger partial charge < -0.3 is 4.74 Å². The average Bonchev–Trinajstić information content (AvgIpc) is 3.16. The lowest BCUT2D eigenvalue weighted by Crippen LogP contribution is -2.02. The van der Waals surface area contributed by atoms with Crippen LogP contribution >= 0.6 is 0 Å². The molecular formula is C23H17F2N3O2. The molecule has 0 radical (unpaired) electrons. The fraction of sp³-hybridized carbons (Fsp3) is 0.0870. The van der Waals surface area contributed by atoms with Gasteiger partial charge in [-0.3, -0.25) is 4.40 Å². The maximum atomic E-state index is 13.9. The van der Waals surface area contributed by atoms with Crippen molar-refractivity contribution in [2.75, 3.05) is 7.11 Å². The summed E-state index contributed by atoms with van der Waals surface area (Å²) in [6.07, 6.45) is 5.10. The smallest absolute Gasteiger partial charge is 0.337 e. The molecule has 0 saturated heterocycles. The number of hydrogen-bond acceptors (Lipinski definition) is 4. The highest BCUT2D eigenvalue weighted by molar-refractivity contribution is 5.91. The predicted molar refractivity (Wildman–Crippen MR) is 110 cm³/mol. The van der Waals surface area contributed by atoms with E-state index >= 15 is 0 Å². The van der Waals surface area contributed by atoms with Gasteiger partial charge in [-0.2, -0.15) is 0 Å². The summed E-state index contributed by atoms with van der Waals surface area (Å²) in [5, 5.41) is 8.46. The van der Waals surface area contributed by atoms with Gasteiger partial charge in [-0.15, -0.1) is 10.2 Å². The maximum absolute atomic E-state index is 13.9. The molecule has 0 amide bonds. The molecule has 0 unspecified atom stereocenters. The lowest BCUT2D eigenvalue weighted by Gasteiger charge is -2.07. The first-order chi connectivity index (χ1) is 14.5. The number of esters is 1. The first-order valence-electron chi connectivity index (χ1n) is 9.13. The number of carbonyl (C=O) groups is 1. The van der Waals surface area contributed by atoms with E-state index in [1.165, 1.54) is 19.2 Å². The monoisotopic (exact) mass is 405 g/mol. The molecule has 0 aliphatic heterocycles. The van der Waals surface area contributed by atoms with Crippen molar-refractivity contribution in [1.82, 2.24) is 14.6 Å². The van der Waals surface area contributed by atoms with E-state index in [-0.39, 0.29) is 5.56 Å². The zero-order valence-electron chi connectivity index (χ0n) is 16.3. The third kappa shape index (κ3) is 3.69. The number of fused-ring (bicyclic) bond motifs is 1. The van der Waals surface area contributed by atoms with Crippen LogP contribution in [0.1, 0.15) is 27.0 Å². The van der Waals surface area contributed by atoms with E-state index < -0.39 is 17.6 Å². The van der Waals surface area contributed by atoms with Crippen LogP contribution < -0.4 is 0 Å². The number of hydrogen-bond donors (Lipinski definition) is 0. The minimum atomic E-state index is -0.632. The average molecular weight is 405 g/mol. The number of aryl methyl sites for hydroxylation is 1. The number of halogens is 2. The van der Waals surface area contributed by atoms with Gasteiger partial charge >= 0.3 is 5.97 Å². The molecule has 2 aromatic heterocycles. The van der Waals surface area contributed by atoms with Gasteiger partial charge in [-0.25, -0.2) is 13.6 Å². The molecule has 0 aliphatic rings. The second kappa shape index (κ2) is 7.87. The van der Waals surface area contributed by atoms with Gasteiger partial charge in [-0.05, 0) is 54.4 Å². The Balaban J connectivity index is 1.75. The fourth-order valence-corrected chi connectivity index (χ4v) is 3.12. The summed E-state index contributed by atoms with van der Waals surface area (Å²) in [6.45, 7) is 1.92. The Hall–Kier alpha value is -3.87. The highest BCUT2D eigenvalue weighted by Crippen LogP contribution is 2.25. The number of carbonyl (C=O) groups excluding carboxylic acids is 1. The van der Waals surface area contributed by atoms with Gasteiger partial charge in [0.25, 0.3) is 0 Å². The minimum absolute atomic E-state index is 0.280. The van der Waals surface area contributed by atoms with Crippen molar-refractivity contribution < 1.29 is 18.3 Å². The third-order valence-corrected chi connectivity index (χ3v) is 4.74. The molecule has 2 heterocycles. The molecule has 0 atom stereocenters. The van der Waals surface area contributed by atoms with Crippen LogP contribution in [0.4, 0.5) is 8.78 Å². The number of nitrogens with zero attached hydrogens (tertiary/aromatic N) is 3. The largest absolute Gasteiger partial charge is 0.465 e. The minimum Gasteiger partial charge on any atom is -0.465 e. The van der Waals surface area contributed by atoms with Gasteiger partial charge in [0.1, 0.15) is 11.6 Å². The number of benzene rings is 2. The van der Waals surface area contributed by atoms with Gasteiger partial charge in [0, 0.05) is 23.4 Å². The van der Waals surface area contributed by atoms with Gasteiger partial charge in [0.2, 0.25) is 0 Å². The predicted octanol–water partition coefficient (Wildman–Crippen LogP) is 4.94. The Labute approximate surface area is 171 Å². The normalized spacial score (nSPS) is 11.3. The van der Waals surface area contributed by atoms with Crippen LogP contribution in [0.3, 0.4) is 0 Å². The Morgan fingerprint density at radius 3 is 2.63 bits per heavy atom. The van der Waals surface area contributed by atoms with Crippen LogP contribution in [-0.2, 0) is 4.74 Å².